The summed E-state index contributed by atoms with van der Waals surface area (Å²) < 4.78 is 1.85. The Morgan fingerprint density at radius 1 is 1.69 bits per heavy atom. The molecule has 1 heterocycles. The van der Waals surface area contributed by atoms with Gasteiger partial charge in [-0.05, 0) is 28.6 Å². The van der Waals surface area contributed by atoms with Crippen LogP contribution in [-0.4, -0.2) is 27.8 Å². The molecule has 6 heteroatoms. The summed E-state index contributed by atoms with van der Waals surface area (Å²) in [6.07, 6.45) is 4.82. The van der Waals surface area contributed by atoms with Gasteiger partial charge in [0, 0.05) is 18.8 Å². The van der Waals surface area contributed by atoms with E-state index < -0.39 is 0 Å². The minimum absolute atomic E-state index is 0.122. The second kappa shape index (κ2) is 6.30. The maximum atomic E-state index is 11.6. The van der Waals surface area contributed by atoms with E-state index in [0.717, 1.165) is 18.7 Å². The average Bonchev–Trinajstić information content (AvgIpc) is 2.29. The molecule has 0 aliphatic heterocycles. The summed E-state index contributed by atoms with van der Waals surface area (Å²) in [5, 5.41) is 7.79. The van der Waals surface area contributed by atoms with Crippen LogP contribution in [0.2, 0.25) is 0 Å². The van der Waals surface area contributed by atoms with Crippen molar-refractivity contribution in [3.63, 3.8) is 0 Å². The fraction of sp³-hybridized carbons (Fsp3) is 0.600. The Balaban J connectivity index is 2.62. The van der Waals surface area contributed by atoms with E-state index in [4.69, 9.17) is 0 Å². The van der Waals surface area contributed by atoms with Crippen LogP contribution in [0.4, 0.5) is 5.69 Å². The number of thioether (sulfide) groups is 1. The van der Waals surface area contributed by atoms with Crippen LogP contribution < -0.4 is 10.9 Å². The molecule has 0 radical (unpaired) electrons. The van der Waals surface area contributed by atoms with Crippen molar-refractivity contribution in [3.05, 3.63) is 21.0 Å². The Hall–Kier alpha value is -0.490. The van der Waals surface area contributed by atoms with Crippen LogP contribution in [0.15, 0.2) is 15.5 Å². The number of hydrogen-bond acceptors (Lipinski definition) is 4. The van der Waals surface area contributed by atoms with Crippen LogP contribution in [-0.2, 0) is 7.05 Å². The third-order valence-electron chi connectivity index (χ3n) is 2.35. The molecule has 90 valence electrons. The van der Waals surface area contributed by atoms with E-state index in [9.17, 15) is 4.79 Å². The largest absolute Gasteiger partial charge is 0.383 e. The van der Waals surface area contributed by atoms with E-state index in [1.165, 1.54) is 4.68 Å². The van der Waals surface area contributed by atoms with Crippen molar-refractivity contribution in [2.75, 3.05) is 18.1 Å². The lowest BCUT2D eigenvalue weighted by Gasteiger charge is -2.11. The van der Waals surface area contributed by atoms with E-state index in [-0.39, 0.29) is 5.56 Å². The first-order valence-corrected chi connectivity index (χ1v) is 7.12. The zero-order valence-corrected chi connectivity index (χ0v) is 12.1. The third-order valence-corrected chi connectivity index (χ3v) is 4.15. The normalized spacial score (nSPS) is 12.5. The predicted octanol–water partition coefficient (Wildman–Crippen LogP) is 2.10. The number of aryl methyl sites for hydroxylation is 1. The van der Waals surface area contributed by atoms with Crippen molar-refractivity contribution in [1.29, 1.82) is 0 Å². The molecule has 1 N–H and O–H groups in total. The van der Waals surface area contributed by atoms with Crippen molar-refractivity contribution in [2.45, 2.75) is 18.6 Å². The molecule has 0 fully saturated rings. The minimum Gasteiger partial charge on any atom is -0.383 e. The molecular weight excluding hydrogens is 290 g/mol. The highest BCUT2D eigenvalue weighted by Crippen LogP contribution is 2.16. The molecule has 0 aliphatic rings. The van der Waals surface area contributed by atoms with Gasteiger partial charge >= 0.3 is 0 Å². The molecule has 0 aromatic carbocycles. The van der Waals surface area contributed by atoms with Crippen LogP contribution in [0.5, 0.6) is 0 Å². The van der Waals surface area contributed by atoms with E-state index in [2.05, 4.69) is 39.5 Å². The molecule has 1 unspecified atom stereocenters. The first-order valence-electron chi connectivity index (χ1n) is 5.04. The number of nitrogens with zero attached hydrogens (tertiary/aromatic N) is 2. The predicted molar refractivity (Wildman–Crippen MR) is 73.3 cm³/mol. The highest BCUT2D eigenvalue weighted by Gasteiger charge is 2.06. The van der Waals surface area contributed by atoms with Crippen molar-refractivity contribution >= 4 is 33.4 Å². The number of anilines is 1. The lowest BCUT2D eigenvalue weighted by atomic mass is 10.3. The SMILES string of the molecule is CSC(C)CCNc1cnn(C)c(=O)c1Br. The standard InChI is InChI=1S/C10H16BrN3OS/c1-7(16-3)4-5-12-8-6-13-14(2)10(15)9(8)11/h6-7,12H,4-5H2,1-3H3. The van der Waals surface area contributed by atoms with E-state index >= 15 is 0 Å². The van der Waals surface area contributed by atoms with Gasteiger partial charge in [0.1, 0.15) is 4.47 Å². The molecule has 0 saturated carbocycles. The van der Waals surface area contributed by atoms with Gasteiger partial charge in [0.2, 0.25) is 0 Å². The average molecular weight is 306 g/mol. The fourth-order valence-corrected chi connectivity index (χ4v) is 2.01. The molecule has 0 saturated heterocycles. The molecule has 0 spiro atoms. The summed E-state index contributed by atoms with van der Waals surface area (Å²) in [5.41, 5.74) is 0.638. The molecule has 0 amide bonds. The zero-order valence-electron chi connectivity index (χ0n) is 9.66. The van der Waals surface area contributed by atoms with Crippen molar-refractivity contribution in [2.24, 2.45) is 7.05 Å². The Morgan fingerprint density at radius 2 is 2.38 bits per heavy atom. The monoisotopic (exact) mass is 305 g/mol. The first-order chi connectivity index (χ1) is 7.56. The molecular formula is C10H16BrN3OS. The van der Waals surface area contributed by atoms with Crippen LogP contribution in [0, 0.1) is 0 Å². The molecule has 0 bridgehead atoms. The Bertz CT molecular complexity index is 408. The third kappa shape index (κ3) is 3.52. The molecule has 16 heavy (non-hydrogen) atoms. The summed E-state index contributed by atoms with van der Waals surface area (Å²) in [6, 6.07) is 0. The lowest BCUT2D eigenvalue weighted by Crippen LogP contribution is -2.21. The first kappa shape index (κ1) is 13.6. The van der Waals surface area contributed by atoms with Gasteiger partial charge in [-0.25, -0.2) is 4.68 Å². The topological polar surface area (TPSA) is 46.9 Å². The molecule has 4 nitrogen and oxygen atoms in total. The molecule has 1 rings (SSSR count). The highest BCUT2D eigenvalue weighted by atomic mass is 79.9. The fourth-order valence-electron chi connectivity index (χ4n) is 1.16. The maximum absolute atomic E-state index is 11.6. The molecule has 1 aromatic heterocycles. The highest BCUT2D eigenvalue weighted by molar-refractivity contribution is 9.10. The van der Waals surface area contributed by atoms with Crippen molar-refractivity contribution in [1.82, 2.24) is 9.78 Å². The smallest absolute Gasteiger partial charge is 0.282 e. The Morgan fingerprint density at radius 3 is 3.00 bits per heavy atom. The number of hydrogen-bond donors (Lipinski definition) is 1. The van der Waals surface area contributed by atoms with Gasteiger partial charge in [-0.1, -0.05) is 6.92 Å². The zero-order chi connectivity index (χ0) is 12.1. The summed E-state index contributed by atoms with van der Waals surface area (Å²) in [7, 11) is 1.63. The molecule has 1 aromatic rings. The molecule has 1 atom stereocenters. The Kier molecular flexibility index (Phi) is 5.34. The quantitative estimate of drug-likeness (QED) is 0.905. The van der Waals surface area contributed by atoms with Gasteiger partial charge in [0.25, 0.3) is 5.56 Å². The van der Waals surface area contributed by atoms with Crippen molar-refractivity contribution < 1.29 is 0 Å². The minimum atomic E-state index is -0.122. The van der Waals surface area contributed by atoms with E-state index in [1.54, 1.807) is 13.2 Å². The van der Waals surface area contributed by atoms with Gasteiger partial charge in [-0.2, -0.15) is 16.9 Å². The number of halogens is 1. The van der Waals surface area contributed by atoms with Crippen LogP contribution in [0.3, 0.4) is 0 Å². The van der Waals surface area contributed by atoms with Crippen LogP contribution in [0.25, 0.3) is 0 Å². The van der Waals surface area contributed by atoms with E-state index in [1.807, 2.05) is 11.8 Å². The van der Waals surface area contributed by atoms with Crippen molar-refractivity contribution in [3.8, 4) is 0 Å². The number of nitrogens with one attached hydrogen (secondary N) is 1. The summed E-state index contributed by atoms with van der Waals surface area (Å²) in [4.78, 5) is 11.6. The molecule has 0 aliphatic carbocycles. The van der Waals surface area contributed by atoms with Crippen LogP contribution in [0.1, 0.15) is 13.3 Å². The van der Waals surface area contributed by atoms with Gasteiger partial charge in [-0.3, -0.25) is 4.79 Å². The lowest BCUT2D eigenvalue weighted by molar-refractivity contribution is 0.702. The van der Waals surface area contributed by atoms with Crippen LogP contribution >= 0.6 is 27.7 Å². The van der Waals surface area contributed by atoms with E-state index in [0.29, 0.717) is 9.72 Å². The summed E-state index contributed by atoms with van der Waals surface area (Å²) in [5.74, 6) is 0. The second-order valence-corrected chi connectivity index (χ2v) is 5.63. The summed E-state index contributed by atoms with van der Waals surface area (Å²) in [6.45, 7) is 3.03. The maximum Gasteiger partial charge on any atom is 0.282 e. The van der Waals surface area contributed by atoms with Gasteiger partial charge < -0.3 is 5.32 Å². The second-order valence-electron chi connectivity index (χ2n) is 3.56. The Labute approximate surface area is 108 Å². The number of aromatic nitrogens is 2. The van der Waals surface area contributed by atoms with Gasteiger partial charge in [0.05, 0.1) is 11.9 Å². The number of rotatable bonds is 5. The van der Waals surface area contributed by atoms with Gasteiger partial charge in [-0.15, -0.1) is 0 Å². The summed E-state index contributed by atoms with van der Waals surface area (Å²) >= 11 is 5.11. The van der Waals surface area contributed by atoms with Gasteiger partial charge in [0.15, 0.2) is 0 Å².